The van der Waals surface area contributed by atoms with Gasteiger partial charge in [-0.1, -0.05) is 69.0 Å². The Morgan fingerprint density at radius 3 is 2.02 bits per heavy atom. The molecule has 0 aliphatic carbocycles. The van der Waals surface area contributed by atoms with Gasteiger partial charge in [-0.2, -0.15) is 0 Å². The van der Waals surface area contributed by atoms with Crippen molar-refractivity contribution < 1.29 is 23.7 Å². The third-order valence-corrected chi connectivity index (χ3v) is 11.3. The van der Waals surface area contributed by atoms with Crippen LogP contribution < -0.4 is 29.6 Å². The fourth-order valence-electron chi connectivity index (χ4n) is 8.03. The van der Waals surface area contributed by atoms with Crippen LogP contribution in [-0.4, -0.2) is 38.8 Å². The minimum Gasteiger partial charge on any atom is -0.493 e. The molecule has 0 bridgehead atoms. The van der Waals surface area contributed by atoms with Gasteiger partial charge in [0.25, 0.3) is 0 Å². The Kier molecular flexibility index (Phi) is 15.0. The molecular formula is C53H63N3O5. The maximum atomic E-state index is 13.8. The summed E-state index contributed by atoms with van der Waals surface area (Å²) >= 11 is 0. The Morgan fingerprint density at radius 1 is 0.803 bits per heavy atom. The summed E-state index contributed by atoms with van der Waals surface area (Å²) in [6, 6.07) is 31.1. The SMILES string of the molecule is C=C(C)c1cc(OC)c(OCc2cc(COc3cc4c(cc3OC)C(=O)C(C)C[C@@H](Cc3ccccc3C)/C=N\4)cc(NC(C)C)c2)cc1NC[C@@H](C)Cc1ccccc1C. The van der Waals surface area contributed by atoms with Crippen molar-refractivity contribution in [3.05, 3.63) is 142 Å². The number of ketones is 1. The largest absolute Gasteiger partial charge is 0.493 e. The van der Waals surface area contributed by atoms with Crippen molar-refractivity contribution in [3.63, 3.8) is 0 Å². The highest BCUT2D eigenvalue weighted by atomic mass is 16.5. The molecule has 8 heteroatoms. The number of anilines is 2. The number of nitrogens with one attached hydrogen (secondary N) is 2. The number of carbonyl (C=O) groups is 1. The van der Waals surface area contributed by atoms with E-state index < -0.39 is 0 Å². The van der Waals surface area contributed by atoms with Crippen molar-refractivity contribution in [2.45, 2.75) is 87.0 Å². The van der Waals surface area contributed by atoms with Crippen LogP contribution in [0.5, 0.6) is 23.0 Å². The van der Waals surface area contributed by atoms with E-state index in [9.17, 15) is 4.79 Å². The van der Waals surface area contributed by atoms with Crippen molar-refractivity contribution in [1.29, 1.82) is 0 Å². The number of Topliss-reactive ketones (excluding diaryl/α,β-unsaturated/α-hetero) is 1. The van der Waals surface area contributed by atoms with Crippen LogP contribution >= 0.6 is 0 Å². The van der Waals surface area contributed by atoms with Gasteiger partial charge in [0.05, 0.1) is 19.9 Å². The standard InChI is InChI=1S/C53H63N3O5/c1-33(2)45-25-49(58-9)51(27-47(45)54-29-35(5)19-42-17-13-11-15-36(42)6)60-31-40-21-41(24-44(23-40)56-34(3)4)32-61-52-28-48-46(26-50(52)59-10)53(57)38(8)20-39(30-55-48)22-43-18-14-12-16-37(43)7/h11-18,21,23-28,30,34-35,38-39,54,56H,1,19-20,22,29,31-32H2,2-10H3/b55-30-/t35-,38?,39-/m0/s1. The summed E-state index contributed by atoms with van der Waals surface area (Å²) < 4.78 is 24.7. The molecule has 0 aromatic heterocycles. The molecule has 3 atom stereocenters. The molecule has 0 fully saturated rings. The van der Waals surface area contributed by atoms with Crippen LogP contribution in [0.1, 0.15) is 90.3 Å². The highest BCUT2D eigenvalue weighted by Gasteiger charge is 2.27. The number of rotatable bonds is 18. The summed E-state index contributed by atoms with van der Waals surface area (Å²) in [4.78, 5) is 18.7. The Balaban J connectivity index is 1.21. The quantitative estimate of drug-likeness (QED) is 0.0909. The lowest BCUT2D eigenvalue weighted by Gasteiger charge is -2.22. The molecule has 0 saturated heterocycles. The molecule has 1 heterocycles. The molecule has 0 saturated carbocycles. The Labute approximate surface area is 363 Å². The second-order valence-electron chi connectivity index (χ2n) is 17.1. The Bertz CT molecular complexity index is 2360. The second kappa shape index (κ2) is 20.5. The van der Waals surface area contributed by atoms with Gasteiger partial charge in [-0.15, -0.1) is 0 Å². The van der Waals surface area contributed by atoms with E-state index in [2.05, 4.69) is 119 Å². The molecule has 5 aromatic carbocycles. The number of carbonyl (C=O) groups excluding carboxylic acids is 1. The number of fused-ring (bicyclic) bond motifs is 1. The van der Waals surface area contributed by atoms with E-state index in [4.69, 9.17) is 23.9 Å². The molecule has 2 N–H and O–H groups in total. The van der Waals surface area contributed by atoms with E-state index in [0.29, 0.717) is 46.8 Å². The van der Waals surface area contributed by atoms with E-state index in [1.165, 1.54) is 22.3 Å². The van der Waals surface area contributed by atoms with Crippen molar-refractivity contribution in [2.75, 3.05) is 31.4 Å². The van der Waals surface area contributed by atoms with Gasteiger partial charge in [0.2, 0.25) is 0 Å². The number of aliphatic imine (C=N–C) groups is 1. The summed E-state index contributed by atoms with van der Waals surface area (Å²) in [5, 5.41) is 7.24. The van der Waals surface area contributed by atoms with Gasteiger partial charge in [-0.05, 0) is 135 Å². The number of nitrogens with zero attached hydrogens (tertiary/aromatic N) is 1. The minimum atomic E-state index is -0.169. The first-order valence-electron chi connectivity index (χ1n) is 21.5. The molecule has 0 radical (unpaired) electrons. The van der Waals surface area contributed by atoms with Gasteiger partial charge in [0.15, 0.2) is 28.8 Å². The lowest BCUT2D eigenvalue weighted by Crippen LogP contribution is -2.20. The van der Waals surface area contributed by atoms with Crippen LogP contribution in [0.25, 0.3) is 5.57 Å². The fourth-order valence-corrected chi connectivity index (χ4v) is 8.03. The lowest BCUT2D eigenvalue weighted by atomic mass is 9.84. The van der Waals surface area contributed by atoms with Crippen molar-refractivity contribution in [1.82, 2.24) is 0 Å². The van der Waals surface area contributed by atoms with Gasteiger partial charge in [0.1, 0.15) is 13.2 Å². The zero-order valence-corrected chi connectivity index (χ0v) is 37.5. The minimum absolute atomic E-state index is 0.0603. The first-order valence-corrected chi connectivity index (χ1v) is 21.5. The molecular weight excluding hydrogens is 759 g/mol. The topological polar surface area (TPSA) is 90.4 Å². The number of allylic oxidation sites excluding steroid dienone is 1. The molecule has 8 nitrogen and oxygen atoms in total. The average Bonchev–Trinajstić information content (AvgIpc) is 3.23. The molecule has 320 valence electrons. The lowest BCUT2D eigenvalue weighted by molar-refractivity contribution is 0.0918. The smallest absolute Gasteiger partial charge is 0.167 e. The fraction of sp³-hybridized carbons (Fsp3) is 0.358. The molecule has 1 aliphatic heterocycles. The number of hydrogen-bond donors (Lipinski definition) is 2. The third-order valence-electron chi connectivity index (χ3n) is 11.3. The third kappa shape index (κ3) is 11.6. The number of ether oxygens (including phenoxy) is 4. The van der Waals surface area contributed by atoms with Crippen LogP contribution in [0.15, 0.2) is 103 Å². The highest BCUT2D eigenvalue weighted by Crippen LogP contribution is 2.40. The average molecular weight is 822 g/mol. The van der Waals surface area contributed by atoms with Crippen LogP contribution in [-0.2, 0) is 26.1 Å². The summed E-state index contributed by atoms with van der Waals surface area (Å²) in [5.41, 5.74) is 12.1. The molecule has 5 aromatic rings. The van der Waals surface area contributed by atoms with E-state index in [0.717, 1.165) is 59.4 Å². The zero-order valence-electron chi connectivity index (χ0n) is 37.5. The number of aryl methyl sites for hydroxylation is 2. The van der Waals surface area contributed by atoms with Gasteiger partial charge in [-0.25, -0.2) is 0 Å². The predicted octanol–water partition coefficient (Wildman–Crippen LogP) is 12.4. The molecule has 1 unspecified atom stereocenters. The van der Waals surface area contributed by atoms with Gasteiger partial charge in [0, 0.05) is 59.4 Å². The molecule has 1 aliphatic rings. The van der Waals surface area contributed by atoms with E-state index in [1.807, 2.05) is 38.3 Å². The van der Waals surface area contributed by atoms with Crippen molar-refractivity contribution in [2.24, 2.45) is 22.7 Å². The van der Waals surface area contributed by atoms with Crippen molar-refractivity contribution >= 4 is 34.6 Å². The molecule has 0 spiro atoms. The molecule has 0 amide bonds. The van der Waals surface area contributed by atoms with Crippen molar-refractivity contribution in [3.8, 4) is 23.0 Å². The number of benzene rings is 5. The van der Waals surface area contributed by atoms with E-state index >= 15 is 0 Å². The predicted molar refractivity (Wildman–Crippen MR) is 252 cm³/mol. The monoisotopic (exact) mass is 821 g/mol. The van der Waals surface area contributed by atoms with Crippen LogP contribution in [0, 0.1) is 31.6 Å². The van der Waals surface area contributed by atoms with Crippen LogP contribution in [0.3, 0.4) is 0 Å². The normalized spacial score (nSPS) is 15.9. The van der Waals surface area contributed by atoms with Crippen LogP contribution in [0.2, 0.25) is 0 Å². The second-order valence-corrected chi connectivity index (χ2v) is 17.1. The maximum Gasteiger partial charge on any atom is 0.167 e. The van der Waals surface area contributed by atoms with E-state index in [-0.39, 0.29) is 30.3 Å². The number of hydrogen-bond acceptors (Lipinski definition) is 8. The first-order chi connectivity index (χ1) is 29.3. The van der Waals surface area contributed by atoms with Crippen LogP contribution in [0.4, 0.5) is 17.1 Å². The summed E-state index contributed by atoms with van der Waals surface area (Å²) in [5.74, 6) is 2.70. The van der Waals surface area contributed by atoms with Gasteiger partial charge in [-0.3, -0.25) is 9.79 Å². The highest BCUT2D eigenvalue weighted by molar-refractivity contribution is 6.04. The zero-order chi connectivity index (χ0) is 43.6. The summed E-state index contributed by atoms with van der Waals surface area (Å²) in [7, 11) is 3.26. The van der Waals surface area contributed by atoms with Gasteiger partial charge >= 0.3 is 0 Å². The maximum absolute atomic E-state index is 13.8. The summed E-state index contributed by atoms with van der Waals surface area (Å²) in [6.07, 6.45) is 4.54. The molecule has 61 heavy (non-hydrogen) atoms. The van der Waals surface area contributed by atoms with Gasteiger partial charge < -0.3 is 29.6 Å². The first kappa shape index (κ1) is 44.5. The number of methoxy groups -OCH3 is 2. The van der Waals surface area contributed by atoms with E-state index in [1.54, 1.807) is 20.3 Å². The molecule has 6 rings (SSSR count). The Morgan fingerprint density at radius 2 is 1.41 bits per heavy atom. The Hall–Kier alpha value is -6.02. The summed E-state index contributed by atoms with van der Waals surface area (Å²) in [6.45, 7) is 20.4.